The second-order valence-corrected chi connectivity index (χ2v) is 6.71. The number of rotatable bonds is 4. The molecule has 6 nitrogen and oxygen atoms in total. The summed E-state index contributed by atoms with van der Waals surface area (Å²) in [7, 11) is 0. The molecule has 5 N–H and O–H groups in total. The van der Waals surface area contributed by atoms with Crippen LogP contribution in [0.4, 0.5) is 0 Å². The van der Waals surface area contributed by atoms with Crippen molar-refractivity contribution in [3.63, 3.8) is 0 Å². The number of carbonyl (C=O) groups excluding carboxylic acids is 1. The van der Waals surface area contributed by atoms with Crippen molar-refractivity contribution in [2.24, 2.45) is 0 Å². The monoisotopic (exact) mass is 332 g/mol. The van der Waals surface area contributed by atoms with Gasteiger partial charge in [0.05, 0.1) is 6.61 Å². The van der Waals surface area contributed by atoms with Crippen molar-refractivity contribution in [3.8, 4) is 0 Å². The highest BCUT2D eigenvalue weighted by Crippen LogP contribution is 2.27. The molecule has 0 aromatic rings. The largest absolute Gasteiger partial charge is 0.394 e. The molecule has 0 saturated heterocycles. The van der Waals surface area contributed by atoms with E-state index in [2.05, 4.69) is 0 Å². The van der Waals surface area contributed by atoms with Crippen molar-refractivity contribution in [3.05, 3.63) is 0 Å². The SMILES string of the molecule is O=C1CCCCCCCCCCC[C@@]1(O)[C@@H](O)[C@H](O)[C@H](O)CO. The minimum absolute atomic E-state index is 0.0577. The Morgan fingerprint density at radius 2 is 1.35 bits per heavy atom. The second-order valence-electron chi connectivity index (χ2n) is 6.71. The molecule has 0 unspecified atom stereocenters. The average molecular weight is 332 g/mol. The topological polar surface area (TPSA) is 118 Å². The van der Waals surface area contributed by atoms with E-state index in [0.29, 0.717) is 12.8 Å². The van der Waals surface area contributed by atoms with Gasteiger partial charge in [0.2, 0.25) is 0 Å². The van der Waals surface area contributed by atoms with Crippen LogP contribution in [-0.2, 0) is 4.79 Å². The van der Waals surface area contributed by atoms with Crippen LogP contribution < -0.4 is 0 Å². The molecule has 1 aliphatic carbocycles. The Balaban J connectivity index is 2.81. The molecule has 0 aromatic heterocycles. The number of ketones is 1. The lowest BCUT2D eigenvalue weighted by atomic mass is 9.80. The van der Waals surface area contributed by atoms with Gasteiger partial charge >= 0.3 is 0 Å². The van der Waals surface area contributed by atoms with Gasteiger partial charge in [0.15, 0.2) is 11.4 Å². The third kappa shape index (κ3) is 6.12. The van der Waals surface area contributed by atoms with Gasteiger partial charge in [-0.25, -0.2) is 0 Å². The molecule has 0 radical (unpaired) electrons. The number of aliphatic hydroxyl groups is 5. The lowest BCUT2D eigenvalue weighted by Gasteiger charge is -2.35. The van der Waals surface area contributed by atoms with Gasteiger partial charge in [0, 0.05) is 6.42 Å². The summed E-state index contributed by atoms with van der Waals surface area (Å²) in [5.74, 6) is -0.492. The van der Waals surface area contributed by atoms with E-state index in [4.69, 9.17) is 5.11 Å². The zero-order valence-corrected chi connectivity index (χ0v) is 13.9. The van der Waals surface area contributed by atoms with Crippen molar-refractivity contribution >= 4 is 5.78 Å². The van der Waals surface area contributed by atoms with E-state index in [0.717, 1.165) is 38.5 Å². The van der Waals surface area contributed by atoms with E-state index >= 15 is 0 Å². The van der Waals surface area contributed by atoms with Crippen molar-refractivity contribution < 1.29 is 30.3 Å². The molecule has 0 aliphatic heterocycles. The predicted octanol–water partition coefficient (Wildman–Crippen LogP) is 0.666. The molecule has 0 bridgehead atoms. The molecule has 6 heteroatoms. The van der Waals surface area contributed by atoms with Crippen LogP contribution in [0.5, 0.6) is 0 Å². The summed E-state index contributed by atoms with van der Waals surface area (Å²) in [4.78, 5) is 12.4. The number of Topliss-reactive ketones (excluding diaryl/α,β-unsaturated/α-hetero) is 1. The summed E-state index contributed by atoms with van der Waals surface area (Å²) in [6, 6.07) is 0. The Labute approximate surface area is 138 Å². The van der Waals surface area contributed by atoms with Crippen molar-refractivity contribution in [2.45, 2.75) is 94.5 Å². The second kappa shape index (κ2) is 10.4. The van der Waals surface area contributed by atoms with Gasteiger partial charge in [-0.15, -0.1) is 0 Å². The third-order valence-electron chi connectivity index (χ3n) is 4.84. The summed E-state index contributed by atoms with van der Waals surface area (Å²) in [5, 5.41) is 49.2. The van der Waals surface area contributed by atoms with Gasteiger partial charge in [-0.05, 0) is 12.8 Å². The summed E-state index contributed by atoms with van der Waals surface area (Å²) in [6.07, 6.45) is 3.55. The van der Waals surface area contributed by atoms with Gasteiger partial charge in [-0.1, -0.05) is 51.4 Å². The molecule has 1 aliphatic rings. The Morgan fingerprint density at radius 1 is 0.870 bits per heavy atom. The van der Waals surface area contributed by atoms with Gasteiger partial charge in [0.25, 0.3) is 0 Å². The van der Waals surface area contributed by atoms with Crippen LogP contribution in [-0.4, -0.2) is 61.8 Å². The molecule has 0 amide bonds. The van der Waals surface area contributed by atoms with Gasteiger partial charge < -0.3 is 25.5 Å². The molecular formula is C17H32O6. The lowest BCUT2D eigenvalue weighted by molar-refractivity contribution is -0.176. The van der Waals surface area contributed by atoms with E-state index in [9.17, 15) is 25.2 Å². The van der Waals surface area contributed by atoms with Crippen LogP contribution in [0.1, 0.15) is 70.6 Å². The Bertz CT molecular complexity index is 348. The van der Waals surface area contributed by atoms with E-state index in [1.807, 2.05) is 0 Å². The fourth-order valence-electron chi connectivity index (χ4n) is 3.19. The van der Waals surface area contributed by atoms with Crippen molar-refractivity contribution in [1.29, 1.82) is 0 Å². The summed E-state index contributed by atoms with van der Waals surface area (Å²) in [5.41, 5.74) is -2.07. The van der Waals surface area contributed by atoms with Crippen LogP contribution in [0.2, 0.25) is 0 Å². The number of carbonyl (C=O) groups is 1. The molecule has 23 heavy (non-hydrogen) atoms. The van der Waals surface area contributed by atoms with E-state index in [1.54, 1.807) is 0 Å². The third-order valence-corrected chi connectivity index (χ3v) is 4.84. The lowest BCUT2D eigenvalue weighted by Crippen LogP contribution is -2.58. The number of aliphatic hydroxyl groups excluding tert-OH is 4. The summed E-state index contributed by atoms with van der Waals surface area (Å²) < 4.78 is 0. The quantitative estimate of drug-likeness (QED) is 0.516. The fraction of sp³-hybridized carbons (Fsp3) is 0.941. The van der Waals surface area contributed by atoms with Crippen LogP contribution in [0.15, 0.2) is 0 Å². The van der Waals surface area contributed by atoms with E-state index < -0.39 is 36.3 Å². The maximum atomic E-state index is 12.4. The highest BCUT2D eigenvalue weighted by molar-refractivity contribution is 5.87. The minimum Gasteiger partial charge on any atom is -0.394 e. The first-order valence-corrected chi connectivity index (χ1v) is 8.84. The van der Waals surface area contributed by atoms with Crippen molar-refractivity contribution in [1.82, 2.24) is 0 Å². The molecule has 1 rings (SSSR count). The summed E-state index contributed by atoms with van der Waals surface area (Å²) >= 11 is 0. The first-order valence-electron chi connectivity index (χ1n) is 8.84. The van der Waals surface area contributed by atoms with Gasteiger partial charge in [0.1, 0.15) is 18.3 Å². The minimum atomic E-state index is -2.07. The molecule has 0 spiro atoms. The molecule has 1 saturated carbocycles. The molecule has 1 fully saturated rings. The maximum absolute atomic E-state index is 12.4. The molecule has 136 valence electrons. The standard InChI is InChI=1S/C17H32O6/c18-12-13(19)15(21)16(22)17(23)11-9-7-5-3-1-2-4-6-8-10-14(17)20/h13,15-16,18-19,21-23H,1-12H2/t13-,15-,16+,17+/m1/s1. The van der Waals surface area contributed by atoms with E-state index in [-0.39, 0.29) is 12.8 Å². The Kier molecular flexibility index (Phi) is 9.24. The first kappa shape index (κ1) is 20.5. The molecule has 4 atom stereocenters. The molecular weight excluding hydrogens is 300 g/mol. The summed E-state index contributed by atoms with van der Waals surface area (Å²) in [6.45, 7) is -0.748. The van der Waals surface area contributed by atoms with Crippen molar-refractivity contribution in [2.75, 3.05) is 6.61 Å². The highest BCUT2D eigenvalue weighted by Gasteiger charge is 2.46. The Hall–Kier alpha value is -0.530. The van der Waals surface area contributed by atoms with Crippen LogP contribution in [0.3, 0.4) is 0 Å². The predicted molar refractivity (Wildman–Crippen MR) is 85.9 cm³/mol. The van der Waals surface area contributed by atoms with Crippen LogP contribution in [0, 0.1) is 0 Å². The van der Waals surface area contributed by atoms with Gasteiger partial charge in [-0.2, -0.15) is 0 Å². The van der Waals surface area contributed by atoms with Crippen LogP contribution >= 0.6 is 0 Å². The number of hydrogen-bond donors (Lipinski definition) is 5. The highest BCUT2D eigenvalue weighted by atomic mass is 16.4. The zero-order chi connectivity index (χ0) is 17.3. The van der Waals surface area contributed by atoms with E-state index in [1.165, 1.54) is 6.42 Å². The first-order chi connectivity index (χ1) is 10.9. The molecule has 0 aromatic carbocycles. The van der Waals surface area contributed by atoms with Crippen LogP contribution in [0.25, 0.3) is 0 Å². The average Bonchev–Trinajstić information content (AvgIpc) is 2.57. The molecule has 0 heterocycles. The normalized spacial score (nSPS) is 29.7. The zero-order valence-electron chi connectivity index (χ0n) is 13.9. The fourth-order valence-corrected chi connectivity index (χ4v) is 3.19. The Morgan fingerprint density at radius 3 is 1.87 bits per heavy atom. The number of hydrogen-bond acceptors (Lipinski definition) is 6. The smallest absolute Gasteiger partial charge is 0.167 e. The van der Waals surface area contributed by atoms with Gasteiger partial charge in [-0.3, -0.25) is 4.79 Å². The maximum Gasteiger partial charge on any atom is 0.167 e.